The van der Waals surface area contributed by atoms with E-state index in [1.807, 2.05) is 38.1 Å². The highest BCUT2D eigenvalue weighted by Crippen LogP contribution is 2.15. The summed E-state index contributed by atoms with van der Waals surface area (Å²) in [6.07, 6.45) is 0. The summed E-state index contributed by atoms with van der Waals surface area (Å²) in [6, 6.07) is 14.2. The van der Waals surface area contributed by atoms with Crippen molar-refractivity contribution in [2.45, 2.75) is 13.8 Å². The van der Waals surface area contributed by atoms with Crippen molar-refractivity contribution in [3.8, 4) is 0 Å². The predicted octanol–water partition coefficient (Wildman–Crippen LogP) is 3.74. The van der Waals surface area contributed by atoms with Gasteiger partial charge in [-0.2, -0.15) is 5.10 Å². The molecule has 0 amide bonds. The number of nitrogens with zero attached hydrogens (tertiary/aromatic N) is 2. The molecule has 102 valence electrons. The van der Waals surface area contributed by atoms with E-state index in [2.05, 4.69) is 10.5 Å². The Morgan fingerprint density at radius 2 is 1.70 bits per heavy atom. The molecule has 5 nitrogen and oxygen atoms in total. The van der Waals surface area contributed by atoms with Crippen LogP contribution in [0.25, 0.3) is 0 Å². The van der Waals surface area contributed by atoms with Crippen LogP contribution in [0.2, 0.25) is 0 Å². The lowest BCUT2D eigenvalue weighted by atomic mass is 10.1. The average Bonchev–Trinajstić information content (AvgIpc) is 2.46. The van der Waals surface area contributed by atoms with Crippen molar-refractivity contribution in [1.29, 1.82) is 0 Å². The molecule has 5 heteroatoms. The number of nitro benzene ring substituents is 1. The Balaban J connectivity index is 2.08. The van der Waals surface area contributed by atoms with Crippen molar-refractivity contribution < 1.29 is 4.92 Å². The third-order valence-electron chi connectivity index (χ3n) is 2.90. The van der Waals surface area contributed by atoms with Gasteiger partial charge in [-0.05, 0) is 31.5 Å². The highest BCUT2D eigenvalue weighted by atomic mass is 16.6. The van der Waals surface area contributed by atoms with E-state index in [1.165, 1.54) is 17.7 Å². The standard InChI is InChI=1S/C15H15N3O2/c1-11-3-5-13(6-4-11)12(2)16-17-14-7-9-15(10-8-14)18(19)20/h3-10,17H,1-2H3. The molecular formula is C15H15N3O2. The fourth-order valence-electron chi connectivity index (χ4n) is 1.67. The Hall–Kier alpha value is -2.69. The molecule has 0 bridgehead atoms. The van der Waals surface area contributed by atoms with Crippen molar-refractivity contribution in [3.05, 3.63) is 69.8 Å². The number of hydrazone groups is 1. The molecule has 20 heavy (non-hydrogen) atoms. The fraction of sp³-hybridized carbons (Fsp3) is 0.133. The number of hydrogen-bond acceptors (Lipinski definition) is 4. The summed E-state index contributed by atoms with van der Waals surface area (Å²) in [4.78, 5) is 10.1. The molecule has 0 aliphatic rings. The van der Waals surface area contributed by atoms with Crippen molar-refractivity contribution in [2.24, 2.45) is 5.10 Å². The topological polar surface area (TPSA) is 67.5 Å². The number of hydrogen-bond donors (Lipinski definition) is 1. The van der Waals surface area contributed by atoms with Crippen molar-refractivity contribution >= 4 is 17.1 Å². The molecule has 0 atom stereocenters. The van der Waals surface area contributed by atoms with E-state index in [0.717, 1.165) is 11.3 Å². The Morgan fingerprint density at radius 3 is 2.25 bits per heavy atom. The normalized spacial score (nSPS) is 11.2. The molecule has 0 fully saturated rings. The maximum absolute atomic E-state index is 10.5. The van der Waals surface area contributed by atoms with E-state index in [4.69, 9.17) is 0 Å². The summed E-state index contributed by atoms with van der Waals surface area (Å²) in [5, 5.41) is 14.8. The zero-order valence-electron chi connectivity index (χ0n) is 11.3. The van der Waals surface area contributed by atoms with Crippen molar-refractivity contribution in [3.63, 3.8) is 0 Å². The second kappa shape index (κ2) is 5.97. The lowest BCUT2D eigenvalue weighted by Crippen LogP contribution is -1.99. The highest BCUT2D eigenvalue weighted by Gasteiger charge is 2.03. The number of non-ortho nitro benzene ring substituents is 1. The first-order valence-electron chi connectivity index (χ1n) is 6.18. The third kappa shape index (κ3) is 3.41. The summed E-state index contributed by atoms with van der Waals surface area (Å²) < 4.78 is 0. The van der Waals surface area contributed by atoms with E-state index in [-0.39, 0.29) is 5.69 Å². The van der Waals surface area contributed by atoms with Gasteiger partial charge in [-0.15, -0.1) is 0 Å². The van der Waals surface area contributed by atoms with E-state index in [9.17, 15) is 10.1 Å². The summed E-state index contributed by atoms with van der Waals surface area (Å²) in [5.41, 5.74) is 6.75. The molecular weight excluding hydrogens is 254 g/mol. The average molecular weight is 269 g/mol. The molecule has 0 aromatic heterocycles. The van der Waals surface area contributed by atoms with Gasteiger partial charge in [-0.25, -0.2) is 0 Å². The second-order valence-corrected chi connectivity index (χ2v) is 4.48. The molecule has 0 aliphatic carbocycles. The van der Waals surface area contributed by atoms with Crippen LogP contribution in [0.4, 0.5) is 11.4 Å². The summed E-state index contributed by atoms with van der Waals surface area (Å²) in [5.74, 6) is 0. The smallest absolute Gasteiger partial charge is 0.269 e. The molecule has 0 saturated carbocycles. The Bertz CT molecular complexity index is 631. The molecule has 2 rings (SSSR count). The van der Waals surface area contributed by atoms with Gasteiger partial charge < -0.3 is 0 Å². The Kier molecular flexibility index (Phi) is 4.10. The Morgan fingerprint density at radius 1 is 1.10 bits per heavy atom. The monoisotopic (exact) mass is 269 g/mol. The fourth-order valence-corrected chi connectivity index (χ4v) is 1.67. The van der Waals surface area contributed by atoms with Crippen LogP contribution >= 0.6 is 0 Å². The highest BCUT2D eigenvalue weighted by molar-refractivity contribution is 5.99. The van der Waals surface area contributed by atoms with Crippen LogP contribution in [0.15, 0.2) is 53.6 Å². The van der Waals surface area contributed by atoms with Gasteiger partial charge in [0.2, 0.25) is 0 Å². The third-order valence-corrected chi connectivity index (χ3v) is 2.90. The van der Waals surface area contributed by atoms with Crippen molar-refractivity contribution in [1.82, 2.24) is 0 Å². The van der Waals surface area contributed by atoms with Gasteiger partial charge in [-0.1, -0.05) is 29.8 Å². The Labute approximate surface area is 117 Å². The second-order valence-electron chi connectivity index (χ2n) is 4.48. The van der Waals surface area contributed by atoms with Crippen LogP contribution in [0, 0.1) is 17.0 Å². The van der Waals surface area contributed by atoms with Crippen molar-refractivity contribution in [2.75, 3.05) is 5.43 Å². The maximum atomic E-state index is 10.5. The minimum atomic E-state index is -0.426. The summed E-state index contributed by atoms with van der Waals surface area (Å²) >= 11 is 0. The number of anilines is 1. The molecule has 0 saturated heterocycles. The number of rotatable bonds is 4. The first-order valence-corrected chi connectivity index (χ1v) is 6.18. The zero-order valence-corrected chi connectivity index (χ0v) is 11.3. The lowest BCUT2D eigenvalue weighted by molar-refractivity contribution is -0.384. The van der Waals surface area contributed by atoms with Gasteiger partial charge >= 0.3 is 0 Å². The van der Waals surface area contributed by atoms with Crippen LogP contribution in [0.5, 0.6) is 0 Å². The van der Waals surface area contributed by atoms with Crippen LogP contribution in [-0.2, 0) is 0 Å². The SMILES string of the molecule is CC(=NNc1ccc([N+](=O)[O-])cc1)c1ccc(C)cc1. The molecule has 0 aliphatic heterocycles. The molecule has 2 aromatic rings. The molecule has 1 N–H and O–H groups in total. The minimum Gasteiger partial charge on any atom is -0.278 e. The molecule has 0 radical (unpaired) electrons. The largest absolute Gasteiger partial charge is 0.278 e. The lowest BCUT2D eigenvalue weighted by Gasteiger charge is -2.04. The zero-order chi connectivity index (χ0) is 14.5. The van der Waals surface area contributed by atoms with E-state index in [0.29, 0.717) is 5.69 Å². The molecule has 0 spiro atoms. The van der Waals surface area contributed by atoms with Crippen LogP contribution in [0.3, 0.4) is 0 Å². The van der Waals surface area contributed by atoms with Crippen LogP contribution in [-0.4, -0.2) is 10.6 Å². The molecule has 0 heterocycles. The van der Waals surface area contributed by atoms with Gasteiger partial charge in [0.05, 0.1) is 16.3 Å². The van der Waals surface area contributed by atoms with Gasteiger partial charge in [0.1, 0.15) is 0 Å². The number of aryl methyl sites for hydroxylation is 1. The van der Waals surface area contributed by atoms with Crippen LogP contribution in [0.1, 0.15) is 18.1 Å². The number of nitro groups is 1. The summed E-state index contributed by atoms with van der Waals surface area (Å²) in [7, 11) is 0. The van der Waals surface area contributed by atoms with E-state index in [1.54, 1.807) is 12.1 Å². The number of nitrogens with one attached hydrogen (secondary N) is 1. The minimum absolute atomic E-state index is 0.0646. The maximum Gasteiger partial charge on any atom is 0.269 e. The first-order chi connectivity index (χ1) is 9.56. The van der Waals surface area contributed by atoms with Gasteiger partial charge in [0.15, 0.2) is 0 Å². The van der Waals surface area contributed by atoms with Gasteiger partial charge in [0.25, 0.3) is 5.69 Å². The van der Waals surface area contributed by atoms with Crippen LogP contribution < -0.4 is 5.43 Å². The number of benzene rings is 2. The summed E-state index contributed by atoms with van der Waals surface area (Å²) in [6.45, 7) is 3.94. The first kappa shape index (κ1) is 13.7. The van der Waals surface area contributed by atoms with E-state index < -0.39 is 4.92 Å². The van der Waals surface area contributed by atoms with Gasteiger partial charge in [0, 0.05) is 12.1 Å². The molecule has 2 aromatic carbocycles. The molecule has 0 unspecified atom stereocenters. The predicted molar refractivity (Wildman–Crippen MR) is 80.1 cm³/mol. The van der Waals surface area contributed by atoms with Gasteiger partial charge in [-0.3, -0.25) is 15.5 Å². The quantitative estimate of drug-likeness (QED) is 0.522. The van der Waals surface area contributed by atoms with E-state index >= 15 is 0 Å².